The van der Waals surface area contributed by atoms with Gasteiger partial charge < -0.3 is 10.4 Å². The quantitative estimate of drug-likeness (QED) is 0.633. The second kappa shape index (κ2) is 6.62. The topological polar surface area (TPSA) is 67.2 Å². The maximum atomic E-state index is 12.9. The number of thiophene rings is 1. The maximum Gasteiger partial charge on any atom is 0.264 e. The molecule has 0 bridgehead atoms. The van der Waals surface area contributed by atoms with Crippen LogP contribution in [0.2, 0.25) is 0 Å². The third-order valence-electron chi connectivity index (χ3n) is 4.00. The highest BCUT2D eigenvalue weighted by Crippen LogP contribution is 2.34. The highest BCUT2D eigenvalue weighted by molar-refractivity contribution is 7.18. The Morgan fingerprint density at radius 1 is 1.41 bits per heavy atom. The second-order valence-corrected chi connectivity index (χ2v) is 6.62. The fraction of sp³-hybridized carbons (Fsp3) is 0.500. The highest BCUT2D eigenvalue weighted by atomic mass is 32.1. The van der Waals surface area contributed by atoms with Crippen LogP contribution in [-0.4, -0.2) is 27.8 Å². The zero-order chi connectivity index (χ0) is 15.5. The fourth-order valence-electron chi connectivity index (χ4n) is 2.95. The largest absolute Gasteiger partial charge is 0.396 e. The Morgan fingerprint density at radius 2 is 2.23 bits per heavy atom. The standard InChI is InChI=1S/C16H21N3O2S/c1-2-9-19-15(21)13-11-6-3-4-7-12(11)22-14(13)18-16(19)17-8-5-10-20/h2,20H,1,3-10H2,(H,17,18). The molecule has 2 aromatic rings. The lowest BCUT2D eigenvalue weighted by molar-refractivity contribution is 0.292. The van der Waals surface area contributed by atoms with E-state index in [1.54, 1.807) is 22.0 Å². The van der Waals surface area contributed by atoms with Gasteiger partial charge in [-0.2, -0.15) is 0 Å². The smallest absolute Gasteiger partial charge is 0.264 e. The van der Waals surface area contributed by atoms with Crippen molar-refractivity contribution in [3.05, 3.63) is 33.4 Å². The molecule has 118 valence electrons. The molecule has 0 saturated carbocycles. The van der Waals surface area contributed by atoms with Crippen LogP contribution < -0.4 is 10.9 Å². The van der Waals surface area contributed by atoms with Gasteiger partial charge >= 0.3 is 0 Å². The van der Waals surface area contributed by atoms with Gasteiger partial charge in [0.15, 0.2) is 0 Å². The Kier molecular flexibility index (Phi) is 4.59. The van der Waals surface area contributed by atoms with E-state index in [0.717, 1.165) is 29.5 Å². The number of nitrogens with zero attached hydrogens (tertiary/aromatic N) is 2. The van der Waals surface area contributed by atoms with Crippen molar-refractivity contribution in [3.8, 4) is 0 Å². The summed E-state index contributed by atoms with van der Waals surface area (Å²) in [5.41, 5.74) is 1.24. The molecule has 2 N–H and O–H groups in total. The monoisotopic (exact) mass is 319 g/mol. The number of aliphatic hydroxyl groups is 1. The first-order chi connectivity index (χ1) is 10.8. The number of rotatable bonds is 6. The van der Waals surface area contributed by atoms with Gasteiger partial charge in [-0.05, 0) is 37.7 Å². The summed E-state index contributed by atoms with van der Waals surface area (Å²) in [6, 6.07) is 0. The second-order valence-electron chi connectivity index (χ2n) is 5.53. The number of hydrogen-bond acceptors (Lipinski definition) is 5. The molecule has 0 spiro atoms. The number of aryl methyl sites for hydroxylation is 2. The minimum absolute atomic E-state index is 0.0239. The van der Waals surface area contributed by atoms with E-state index < -0.39 is 0 Å². The van der Waals surface area contributed by atoms with Gasteiger partial charge in [0.2, 0.25) is 5.95 Å². The SMILES string of the molecule is C=CCn1c(NCCCO)nc2sc3c(c2c1=O)CCCC3. The number of aliphatic hydroxyl groups excluding tert-OH is 1. The van der Waals surface area contributed by atoms with E-state index in [2.05, 4.69) is 16.9 Å². The summed E-state index contributed by atoms with van der Waals surface area (Å²) in [5.74, 6) is 0.574. The molecule has 0 unspecified atom stereocenters. The molecular weight excluding hydrogens is 298 g/mol. The first-order valence-corrected chi connectivity index (χ1v) is 8.58. The van der Waals surface area contributed by atoms with Gasteiger partial charge in [0.1, 0.15) is 4.83 Å². The third-order valence-corrected chi connectivity index (χ3v) is 5.19. The van der Waals surface area contributed by atoms with Crippen molar-refractivity contribution < 1.29 is 5.11 Å². The van der Waals surface area contributed by atoms with Crippen LogP contribution in [0.4, 0.5) is 5.95 Å². The van der Waals surface area contributed by atoms with E-state index in [9.17, 15) is 4.79 Å². The summed E-state index contributed by atoms with van der Waals surface area (Å²) in [4.78, 5) is 19.7. The average Bonchev–Trinajstić information content (AvgIpc) is 2.89. The van der Waals surface area contributed by atoms with Gasteiger partial charge in [-0.15, -0.1) is 17.9 Å². The molecular formula is C16H21N3O2S. The average molecular weight is 319 g/mol. The predicted molar refractivity (Wildman–Crippen MR) is 90.9 cm³/mol. The first kappa shape index (κ1) is 15.2. The normalized spacial score (nSPS) is 14.0. The summed E-state index contributed by atoms with van der Waals surface area (Å²) in [6.45, 7) is 4.89. The van der Waals surface area contributed by atoms with Crippen molar-refractivity contribution in [2.45, 2.75) is 38.6 Å². The molecule has 1 aliphatic rings. The summed E-state index contributed by atoms with van der Waals surface area (Å²) in [5, 5.41) is 12.9. The van der Waals surface area contributed by atoms with Crippen molar-refractivity contribution in [1.82, 2.24) is 9.55 Å². The Balaban J connectivity index is 2.12. The van der Waals surface area contributed by atoms with Crippen LogP contribution in [0.1, 0.15) is 29.7 Å². The lowest BCUT2D eigenvalue weighted by Crippen LogP contribution is -2.25. The molecule has 2 heterocycles. The molecule has 0 saturated heterocycles. The third kappa shape index (κ3) is 2.68. The van der Waals surface area contributed by atoms with Crippen molar-refractivity contribution in [3.63, 3.8) is 0 Å². The molecule has 0 fully saturated rings. The van der Waals surface area contributed by atoms with E-state index in [0.29, 0.717) is 25.5 Å². The molecule has 3 rings (SSSR count). The molecule has 0 amide bonds. The Hall–Kier alpha value is -1.66. The molecule has 5 nitrogen and oxygen atoms in total. The lowest BCUT2D eigenvalue weighted by Gasteiger charge is -2.13. The zero-order valence-electron chi connectivity index (χ0n) is 12.6. The van der Waals surface area contributed by atoms with Gasteiger partial charge in [0.25, 0.3) is 5.56 Å². The fourth-order valence-corrected chi connectivity index (χ4v) is 4.20. The van der Waals surface area contributed by atoms with Crippen LogP contribution in [0.3, 0.4) is 0 Å². The number of nitrogens with one attached hydrogen (secondary N) is 1. The number of fused-ring (bicyclic) bond motifs is 3. The van der Waals surface area contributed by atoms with Gasteiger partial charge in [0.05, 0.1) is 5.39 Å². The van der Waals surface area contributed by atoms with Crippen LogP contribution >= 0.6 is 11.3 Å². The van der Waals surface area contributed by atoms with Gasteiger partial charge in [0, 0.05) is 24.6 Å². The summed E-state index contributed by atoms with van der Waals surface area (Å²) < 4.78 is 1.65. The first-order valence-electron chi connectivity index (χ1n) is 7.77. The highest BCUT2D eigenvalue weighted by Gasteiger charge is 2.21. The molecule has 22 heavy (non-hydrogen) atoms. The van der Waals surface area contributed by atoms with Gasteiger partial charge in [-0.3, -0.25) is 9.36 Å². The van der Waals surface area contributed by atoms with E-state index in [1.165, 1.54) is 16.9 Å². The Labute approximate surface area is 133 Å². The van der Waals surface area contributed by atoms with Crippen LogP contribution in [0.25, 0.3) is 10.2 Å². The van der Waals surface area contributed by atoms with Crippen LogP contribution in [-0.2, 0) is 19.4 Å². The minimum atomic E-state index is 0.0239. The predicted octanol–water partition coefficient (Wildman–Crippen LogP) is 2.32. The number of allylic oxidation sites excluding steroid dienone is 1. The Bertz CT molecular complexity index is 748. The number of hydrogen-bond donors (Lipinski definition) is 2. The van der Waals surface area contributed by atoms with Gasteiger partial charge in [-0.1, -0.05) is 6.08 Å². The van der Waals surface area contributed by atoms with Crippen molar-refractivity contribution in [2.24, 2.45) is 0 Å². The van der Waals surface area contributed by atoms with Crippen molar-refractivity contribution >= 4 is 27.5 Å². The van der Waals surface area contributed by atoms with E-state index in [1.807, 2.05) is 0 Å². The van der Waals surface area contributed by atoms with Crippen LogP contribution in [0, 0.1) is 0 Å². The Morgan fingerprint density at radius 3 is 3.00 bits per heavy atom. The summed E-state index contributed by atoms with van der Waals surface area (Å²) >= 11 is 1.65. The molecule has 2 aromatic heterocycles. The van der Waals surface area contributed by atoms with E-state index in [4.69, 9.17) is 5.11 Å². The van der Waals surface area contributed by atoms with Crippen LogP contribution in [0.5, 0.6) is 0 Å². The molecule has 0 atom stereocenters. The van der Waals surface area contributed by atoms with Crippen molar-refractivity contribution in [2.75, 3.05) is 18.5 Å². The minimum Gasteiger partial charge on any atom is -0.396 e. The molecule has 0 aromatic carbocycles. The van der Waals surface area contributed by atoms with Crippen LogP contribution in [0.15, 0.2) is 17.4 Å². The van der Waals surface area contributed by atoms with Gasteiger partial charge in [-0.25, -0.2) is 4.98 Å². The summed E-state index contributed by atoms with van der Waals surface area (Å²) in [7, 11) is 0. The number of aromatic nitrogens is 2. The van der Waals surface area contributed by atoms with Crippen molar-refractivity contribution in [1.29, 1.82) is 0 Å². The molecule has 0 aliphatic heterocycles. The maximum absolute atomic E-state index is 12.9. The zero-order valence-corrected chi connectivity index (χ0v) is 13.4. The summed E-state index contributed by atoms with van der Waals surface area (Å²) in [6.07, 6.45) is 6.73. The lowest BCUT2D eigenvalue weighted by atomic mass is 9.97. The molecule has 1 aliphatic carbocycles. The van der Waals surface area contributed by atoms with E-state index >= 15 is 0 Å². The van der Waals surface area contributed by atoms with E-state index in [-0.39, 0.29) is 12.2 Å². The molecule has 6 heteroatoms. The molecule has 0 radical (unpaired) electrons. The number of anilines is 1.